The monoisotopic (exact) mass is 330 g/mol. The van der Waals surface area contributed by atoms with Crippen molar-refractivity contribution in [1.82, 2.24) is 5.32 Å². The fourth-order valence-corrected chi connectivity index (χ4v) is 2.55. The van der Waals surface area contributed by atoms with E-state index in [0.717, 1.165) is 36.0 Å². The third-order valence-corrected chi connectivity index (χ3v) is 4.28. The van der Waals surface area contributed by atoms with Crippen molar-refractivity contribution < 1.29 is 4.79 Å². The van der Waals surface area contributed by atoms with Gasteiger partial charge in [-0.3, -0.25) is 4.79 Å². The molecule has 0 spiro atoms. The van der Waals surface area contributed by atoms with Gasteiger partial charge in [0.2, 0.25) is 5.91 Å². The van der Waals surface area contributed by atoms with E-state index in [2.05, 4.69) is 26.6 Å². The highest BCUT2D eigenvalue weighted by Crippen LogP contribution is 2.25. The molecule has 1 unspecified atom stereocenters. The van der Waals surface area contributed by atoms with Gasteiger partial charge in [0.15, 0.2) is 0 Å². The highest BCUT2D eigenvalue weighted by atomic mass is 79.9. The van der Waals surface area contributed by atoms with E-state index in [1.807, 2.05) is 12.1 Å². The zero-order chi connectivity index (χ0) is 13.0. The van der Waals surface area contributed by atoms with Crippen molar-refractivity contribution >= 4 is 39.1 Å². The van der Waals surface area contributed by atoms with E-state index < -0.39 is 0 Å². The Hall–Kier alpha value is -0.580. The van der Waals surface area contributed by atoms with Crippen LogP contribution in [0.1, 0.15) is 25.7 Å². The summed E-state index contributed by atoms with van der Waals surface area (Å²) in [5.74, 6) is 0.0334. The molecule has 1 atom stereocenters. The molecular weight excluding hydrogens is 316 g/mol. The fraction of sp³-hybridized carbons (Fsp3) is 0.462. The largest absolute Gasteiger partial charge is 0.325 e. The first-order valence-corrected chi connectivity index (χ1v) is 7.33. The molecule has 1 aromatic rings. The Balaban J connectivity index is 1.99. The number of halogens is 2. The number of amides is 1. The SMILES string of the molecule is O=C(Nc1ccc(Cl)c(Br)c1)C1CCCCCN1. The first-order chi connectivity index (χ1) is 8.66. The van der Waals surface area contributed by atoms with Crippen molar-refractivity contribution in [3.63, 3.8) is 0 Å². The summed E-state index contributed by atoms with van der Waals surface area (Å²) < 4.78 is 0.788. The van der Waals surface area contributed by atoms with Gasteiger partial charge in [-0.1, -0.05) is 24.4 Å². The summed E-state index contributed by atoms with van der Waals surface area (Å²) >= 11 is 9.26. The molecule has 1 amide bonds. The Bertz CT molecular complexity index is 431. The van der Waals surface area contributed by atoms with E-state index in [-0.39, 0.29) is 11.9 Å². The average Bonchev–Trinajstić information content (AvgIpc) is 2.62. The fourth-order valence-electron chi connectivity index (χ4n) is 2.06. The van der Waals surface area contributed by atoms with Crippen LogP contribution in [0.4, 0.5) is 5.69 Å². The third kappa shape index (κ3) is 3.70. The second-order valence-electron chi connectivity index (χ2n) is 4.47. The molecule has 3 nitrogen and oxygen atoms in total. The zero-order valence-corrected chi connectivity index (χ0v) is 12.4. The lowest BCUT2D eigenvalue weighted by Crippen LogP contribution is -2.39. The molecule has 0 saturated carbocycles. The molecular formula is C13H16BrClN2O. The summed E-state index contributed by atoms with van der Waals surface area (Å²) in [7, 11) is 0. The van der Waals surface area contributed by atoms with E-state index in [0.29, 0.717) is 5.02 Å². The third-order valence-electron chi connectivity index (χ3n) is 3.06. The Kier molecular flexibility index (Phi) is 5.03. The Morgan fingerprint density at radius 3 is 3.00 bits per heavy atom. The summed E-state index contributed by atoms with van der Waals surface area (Å²) in [6.07, 6.45) is 4.36. The average molecular weight is 332 g/mol. The molecule has 1 saturated heterocycles. The van der Waals surface area contributed by atoms with Crippen LogP contribution in [0.25, 0.3) is 0 Å². The van der Waals surface area contributed by atoms with Crippen LogP contribution in [-0.4, -0.2) is 18.5 Å². The van der Waals surface area contributed by atoms with Gasteiger partial charge >= 0.3 is 0 Å². The first kappa shape index (κ1) is 13.8. The smallest absolute Gasteiger partial charge is 0.241 e. The standard InChI is InChI=1S/C13H16BrClN2O/c14-10-8-9(5-6-11(10)15)17-13(18)12-4-2-1-3-7-16-12/h5-6,8,12,16H,1-4,7H2,(H,17,18). The van der Waals surface area contributed by atoms with Crippen LogP contribution in [-0.2, 0) is 4.79 Å². The summed E-state index contributed by atoms with van der Waals surface area (Å²) in [6, 6.07) is 5.31. The van der Waals surface area contributed by atoms with E-state index in [1.54, 1.807) is 6.07 Å². The van der Waals surface area contributed by atoms with Gasteiger partial charge in [0.1, 0.15) is 0 Å². The topological polar surface area (TPSA) is 41.1 Å². The van der Waals surface area contributed by atoms with Crippen molar-refractivity contribution in [3.05, 3.63) is 27.7 Å². The predicted molar refractivity (Wildman–Crippen MR) is 78.0 cm³/mol. The lowest BCUT2D eigenvalue weighted by atomic mass is 10.1. The van der Waals surface area contributed by atoms with Gasteiger partial charge in [-0.05, 0) is 53.5 Å². The Morgan fingerprint density at radius 1 is 1.39 bits per heavy atom. The van der Waals surface area contributed by atoms with Crippen molar-refractivity contribution in [1.29, 1.82) is 0 Å². The number of carbonyl (C=O) groups excluding carboxylic acids is 1. The number of hydrogen-bond donors (Lipinski definition) is 2. The lowest BCUT2D eigenvalue weighted by Gasteiger charge is -2.15. The number of anilines is 1. The number of hydrogen-bond acceptors (Lipinski definition) is 2. The minimum atomic E-state index is -0.0815. The quantitative estimate of drug-likeness (QED) is 0.870. The molecule has 1 aliphatic rings. The van der Waals surface area contributed by atoms with Gasteiger partial charge in [-0.2, -0.15) is 0 Å². The van der Waals surface area contributed by atoms with E-state index in [4.69, 9.17) is 11.6 Å². The molecule has 0 aromatic heterocycles. The summed E-state index contributed by atoms with van der Waals surface area (Å²) in [6.45, 7) is 0.919. The van der Waals surface area contributed by atoms with E-state index in [1.165, 1.54) is 6.42 Å². The number of rotatable bonds is 2. The molecule has 1 aromatic carbocycles. The van der Waals surface area contributed by atoms with Crippen molar-refractivity contribution in [2.75, 3.05) is 11.9 Å². The zero-order valence-electron chi connectivity index (χ0n) is 10.0. The van der Waals surface area contributed by atoms with E-state index in [9.17, 15) is 4.79 Å². The van der Waals surface area contributed by atoms with Crippen LogP contribution in [0.3, 0.4) is 0 Å². The molecule has 1 fully saturated rings. The molecule has 98 valence electrons. The number of benzene rings is 1. The molecule has 0 aliphatic carbocycles. The minimum absolute atomic E-state index is 0.0334. The van der Waals surface area contributed by atoms with Crippen LogP contribution in [0.2, 0.25) is 5.02 Å². The Labute approximate surface area is 120 Å². The van der Waals surface area contributed by atoms with Gasteiger partial charge in [-0.15, -0.1) is 0 Å². The summed E-state index contributed by atoms with van der Waals surface area (Å²) in [4.78, 5) is 12.1. The molecule has 18 heavy (non-hydrogen) atoms. The molecule has 1 heterocycles. The van der Waals surface area contributed by atoms with Gasteiger partial charge in [-0.25, -0.2) is 0 Å². The maximum absolute atomic E-state index is 12.1. The lowest BCUT2D eigenvalue weighted by molar-refractivity contribution is -0.118. The van der Waals surface area contributed by atoms with Crippen LogP contribution >= 0.6 is 27.5 Å². The molecule has 0 radical (unpaired) electrons. The minimum Gasteiger partial charge on any atom is -0.325 e. The second-order valence-corrected chi connectivity index (χ2v) is 5.74. The molecule has 0 bridgehead atoms. The van der Waals surface area contributed by atoms with Crippen molar-refractivity contribution in [3.8, 4) is 0 Å². The maximum atomic E-state index is 12.1. The van der Waals surface area contributed by atoms with Crippen LogP contribution < -0.4 is 10.6 Å². The molecule has 1 aliphatic heterocycles. The molecule has 2 N–H and O–H groups in total. The maximum Gasteiger partial charge on any atom is 0.241 e. The Morgan fingerprint density at radius 2 is 2.22 bits per heavy atom. The predicted octanol–water partition coefficient (Wildman–Crippen LogP) is 3.57. The van der Waals surface area contributed by atoms with Gasteiger partial charge in [0, 0.05) is 10.2 Å². The van der Waals surface area contributed by atoms with Gasteiger partial charge < -0.3 is 10.6 Å². The van der Waals surface area contributed by atoms with Crippen LogP contribution in [0, 0.1) is 0 Å². The van der Waals surface area contributed by atoms with Crippen molar-refractivity contribution in [2.45, 2.75) is 31.7 Å². The number of carbonyl (C=O) groups is 1. The van der Waals surface area contributed by atoms with Crippen LogP contribution in [0.15, 0.2) is 22.7 Å². The molecule has 2 rings (SSSR count). The highest BCUT2D eigenvalue weighted by molar-refractivity contribution is 9.10. The highest BCUT2D eigenvalue weighted by Gasteiger charge is 2.19. The second kappa shape index (κ2) is 6.55. The summed E-state index contributed by atoms with van der Waals surface area (Å²) in [5, 5.41) is 6.83. The van der Waals surface area contributed by atoms with Crippen LogP contribution in [0.5, 0.6) is 0 Å². The molecule has 5 heteroatoms. The number of nitrogens with one attached hydrogen (secondary N) is 2. The summed E-state index contributed by atoms with van der Waals surface area (Å²) in [5.41, 5.74) is 0.766. The van der Waals surface area contributed by atoms with E-state index >= 15 is 0 Å². The normalized spacial score (nSPS) is 20.2. The van der Waals surface area contributed by atoms with Crippen molar-refractivity contribution in [2.24, 2.45) is 0 Å². The first-order valence-electron chi connectivity index (χ1n) is 6.16. The van der Waals surface area contributed by atoms with Gasteiger partial charge in [0.05, 0.1) is 11.1 Å². The van der Waals surface area contributed by atoms with Gasteiger partial charge in [0.25, 0.3) is 0 Å².